The van der Waals surface area contributed by atoms with Crippen LogP contribution in [0.4, 0.5) is 15.8 Å². The highest BCUT2D eigenvalue weighted by Gasteiger charge is 2.05. The van der Waals surface area contributed by atoms with Gasteiger partial charge in [0.05, 0.1) is 5.69 Å². The topological polar surface area (TPSA) is 24.1 Å². The lowest BCUT2D eigenvalue weighted by Crippen LogP contribution is -2.20. The summed E-state index contributed by atoms with van der Waals surface area (Å²) in [6.07, 6.45) is 0. The Morgan fingerprint density at radius 1 is 1.05 bits per heavy atom. The fraction of sp³-hybridized carbons (Fsp3) is 0.133. The zero-order chi connectivity index (χ0) is 14.7. The third-order valence-electron chi connectivity index (χ3n) is 2.82. The van der Waals surface area contributed by atoms with Gasteiger partial charge in [-0.3, -0.25) is 0 Å². The molecule has 2 nitrogen and oxygen atoms in total. The van der Waals surface area contributed by atoms with Crippen molar-refractivity contribution in [2.45, 2.75) is 13.8 Å². The summed E-state index contributed by atoms with van der Waals surface area (Å²) in [5.41, 5.74) is 3.61. The Balaban J connectivity index is 2.11. The largest absolute Gasteiger partial charge is 0.332 e. The van der Waals surface area contributed by atoms with E-state index in [-0.39, 0.29) is 5.82 Å². The maximum absolute atomic E-state index is 13.2. The van der Waals surface area contributed by atoms with Crippen LogP contribution in [0, 0.1) is 19.7 Å². The van der Waals surface area contributed by atoms with Gasteiger partial charge in [-0.05, 0) is 77.4 Å². The molecule has 20 heavy (non-hydrogen) atoms. The van der Waals surface area contributed by atoms with Crippen LogP contribution in [0.1, 0.15) is 11.1 Å². The van der Waals surface area contributed by atoms with Crippen LogP contribution in [-0.2, 0) is 0 Å². The van der Waals surface area contributed by atoms with Gasteiger partial charge in [0.2, 0.25) is 0 Å². The number of halogens is 2. The summed E-state index contributed by atoms with van der Waals surface area (Å²) in [7, 11) is 0. The van der Waals surface area contributed by atoms with Gasteiger partial charge in [-0.15, -0.1) is 0 Å². The van der Waals surface area contributed by atoms with Gasteiger partial charge in [-0.1, -0.05) is 12.1 Å². The fourth-order valence-corrected chi connectivity index (χ4v) is 2.54. The Morgan fingerprint density at radius 3 is 2.45 bits per heavy atom. The molecule has 104 valence electrons. The number of hydrogen-bond acceptors (Lipinski definition) is 1. The predicted molar refractivity (Wildman–Crippen MR) is 89.9 cm³/mol. The first-order chi connectivity index (χ1) is 9.45. The molecule has 0 aromatic heterocycles. The fourth-order valence-electron chi connectivity index (χ4n) is 1.73. The highest BCUT2D eigenvalue weighted by molar-refractivity contribution is 9.10. The molecule has 0 radical (unpaired) electrons. The predicted octanol–water partition coefficient (Wildman–Crippen LogP) is 5.01. The molecule has 0 heterocycles. The first-order valence-electron chi connectivity index (χ1n) is 6.06. The summed E-state index contributed by atoms with van der Waals surface area (Å²) in [6.45, 7) is 3.91. The molecule has 0 spiro atoms. The van der Waals surface area contributed by atoms with Crippen LogP contribution in [0.5, 0.6) is 0 Å². The highest BCUT2D eigenvalue weighted by atomic mass is 79.9. The van der Waals surface area contributed by atoms with E-state index in [0.717, 1.165) is 21.3 Å². The summed E-state index contributed by atoms with van der Waals surface area (Å²) < 4.78 is 14.2. The van der Waals surface area contributed by atoms with Crippen molar-refractivity contribution < 1.29 is 4.39 Å². The van der Waals surface area contributed by atoms with Crippen molar-refractivity contribution >= 4 is 44.6 Å². The summed E-state index contributed by atoms with van der Waals surface area (Å²) >= 11 is 8.73. The molecule has 0 saturated heterocycles. The average Bonchev–Trinajstić information content (AvgIpc) is 2.37. The summed E-state index contributed by atoms with van der Waals surface area (Å²) in [5, 5.41) is 6.50. The van der Waals surface area contributed by atoms with Gasteiger partial charge >= 0.3 is 0 Å². The van der Waals surface area contributed by atoms with Crippen LogP contribution in [0.3, 0.4) is 0 Å². The molecular formula is C15H14BrFN2S. The van der Waals surface area contributed by atoms with E-state index in [2.05, 4.69) is 26.6 Å². The number of anilines is 2. The molecule has 2 N–H and O–H groups in total. The molecule has 0 aliphatic heterocycles. The van der Waals surface area contributed by atoms with Gasteiger partial charge in [0.15, 0.2) is 5.11 Å². The number of rotatable bonds is 2. The normalized spacial score (nSPS) is 10.2. The molecule has 0 amide bonds. The Morgan fingerprint density at radius 2 is 1.75 bits per heavy atom. The Kier molecular flexibility index (Phi) is 4.73. The van der Waals surface area contributed by atoms with Gasteiger partial charge in [0.1, 0.15) is 5.82 Å². The highest BCUT2D eigenvalue weighted by Crippen LogP contribution is 2.24. The number of thiocarbonyl (C=S) groups is 1. The second kappa shape index (κ2) is 6.33. The summed E-state index contributed by atoms with van der Waals surface area (Å²) in [5.74, 6) is -0.294. The second-order valence-electron chi connectivity index (χ2n) is 4.52. The van der Waals surface area contributed by atoms with Crippen molar-refractivity contribution in [3.63, 3.8) is 0 Å². The van der Waals surface area contributed by atoms with E-state index in [0.29, 0.717) is 10.8 Å². The van der Waals surface area contributed by atoms with E-state index in [1.165, 1.54) is 12.1 Å². The van der Waals surface area contributed by atoms with E-state index in [9.17, 15) is 4.39 Å². The molecule has 0 atom stereocenters. The smallest absolute Gasteiger partial charge is 0.175 e. The van der Waals surface area contributed by atoms with Crippen molar-refractivity contribution in [1.82, 2.24) is 0 Å². The van der Waals surface area contributed by atoms with E-state index in [1.807, 2.05) is 32.0 Å². The van der Waals surface area contributed by atoms with Crippen molar-refractivity contribution in [2.75, 3.05) is 10.6 Å². The van der Waals surface area contributed by atoms with Crippen molar-refractivity contribution in [3.05, 3.63) is 57.8 Å². The average molecular weight is 353 g/mol. The third kappa shape index (κ3) is 3.77. The van der Waals surface area contributed by atoms with Gasteiger partial charge in [-0.25, -0.2) is 4.39 Å². The Labute approximate surface area is 131 Å². The molecule has 0 fully saturated rings. The third-order valence-corrected chi connectivity index (χ3v) is 3.68. The zero-order valence-corrected chi connectivity index (χ0v) is 13.5. The quantitative estimate of drug-likeness (QED) is 0.742. The molecule has 0 saturated carbocycles. The SMILES string of the molecule is Cc1ccc(NC(=S)Nc2cc(F)ccc2C)c(Br)c1. The van der Waals surface area contributed by atoms with Gasteiger partial charge in [0.25, 0.3) is 0 Å². The minimum absolute atomic E-state index is 0.294. The molecule has 5 heteroatoms. The van der Waals surface area contributed by atoms with Crippen molar-refractivity contribution in [1.29, 1.82) is 0 Å². The molecule has 0 aliphatic rings. The first-order valence-corrected chi connectivity index (χ1v) is 7.26. The molecule has 0 bridgehead atoms. The number of benzene rings is 2. The second-order valence-corrected chi connectivity index (χ2v) is 5.78. The minimum Gasteiger partial charge on any atom is -0.332 e. The van der Waals surface area contributed by atoms with Gasteiger partial charge in [0, 0.05) is 10.2 Å². The Hall–Kier alpha value is -1.46. The van der Waals surface area contributed by atoms with E-state index in [1.54, 1.807) is 6.07 Å². The number of aryl methyl sites for hydroxylation is 2. The van der Waals surface area contributed by atoms with Crippen LogP contribution in [0.2, 0.25) is 0 Å². The molecule has 0 aliphatic carbocycles. The lowest BCUT2D eigenvalue weighted by molar-refractivity contribution is 0.628. The molecule has 0 unspecified atom stereocenters. The Bertz CT molecular complexity index is 658. The van der Waals surface area contributed by atoms with E-state index in [4.69, 9.17) is 12.2 Å². The van der Waals surface area contributed by atoms with Crippen molar-refractivity contribution in [2.24, 2.45) is 0 Å². The maximum Gasteiger partial charge on any atom is 0.175 e. The number of hydrogen-bond donors (Lipinski definition) is 2. The molecule has 2 rings (SSSR count). The van der Waals surface area contributed by atoms with E-state index >= 15 is 0 Å². The van der Waals surface area contributed by atoms with Crippen LogP contribution >= 0.6 is 28.1 Å². The maximum atomic E-state index is 13.2. The summed E-state index contributed by atoms with van der Waals surface area (Å²) in [4.78, 5) is 0. The number of nitrogens with one attached hydrogen (secondary N) is 2. The van der Waals surface area contributed by atoms with E-state index < -0.39 is 0 Å². The molecule has 2 aromatic carbocycles. The van der Waals surface area contributed by atoms with Crippen molar-refractivity contribution in [3.8, 4) is 0 Å². The van der Waals surface area contributed by atoms with Gasteiger partial charge in [-0.2, -0.15) is 0 Å². The van der Waals surface area contributed by atoms with Gasteiger partial charge < -0.3 is 10.6 Å². The first kappa shape index (κ1) is 14.9. The van der Waals surface area contributed by atoms with Crippen LogP contribution in [0.25, 0.3) is 0 Å². The minimum atomic E-state index is -0.294. The zero-order valence-electron chi connectivity index (χ0n) is 11.1. The summed E-state index contributed by atoms with van der Waals surface area (Å²) in [6, 6.07) is 10.5. The molecule has 2 aromatic rings. The lowest BCUT2D eigenvalue weighted by atomic mass is 10.2. The van der Waals surface area contributed by atoms with Crippen LogP contribution < -0.4 is 10.6 Å². The lowest BCUT2D eigenvalue weighted by Gasteiger charge is -2.14. The molecular weight excluding hydrogens is 339 g/mol. The monoisotopic (exact) mass is 352 g/mol. The van der Waals surface area contributed by atoms with Crippen LogP contribution in [-0.4, -0.2) is 5.11 Å². The van der Waals surface area contributed by atoms with Crippen LogP contribution in [0.15, 0.2) is 40.9 Å². The standard InChI is InChI=1S/C15H14BrFN2S/c1-9-3-6-13(12(16)7-9)18-15(20)19-14-8-11(17)5-4-10(14)2/h3-8H,1-2H3,(H2,18,19,20).